The molecule has 0 saturated heterocycles. The van der Waals surface area contributed by atoms with Crippen LogP contribution < -0.4 is 10.9 Å². The topological polar surface area (TPSA) is 67.2 Å². The van der Waals surface area contributed by atoms with Crippen molar-refractivity contribution in [3.63, 3.8) is 0 Å². The lowest BCUT2D eigenvalue weighted by Crippen LogP contribution is -2.25. The number of aromatic hydroxyl groups is 1. The molecule has 0 spiro atoms. The second kappa shape index (κ2) is 6.34. The van der Waals surface area contributed by atoms with Gasteiger partial charge in [-0.25, -0.2) is 0 Å². The predicted molar refractivity (Wildman–Crippen MR) is 78.0 cm³/mol. The fourth-order valence-corrected chi connectivity index (χ4v) is 1.84. The number of nitrogens with zero attached hydrogens (tertiary/aromatic N) is 2. The van der Waals surface area contributed by atoms with Crippen LogP contribution in [-0.4, -0.2) is 21.4 Å². The van der Waals surface area contributed by atoms with E-state index in [1.165, 1.54) is 10.7 Å². The zero-order valence-corrected chi connectivity index (χ0v) is 11.7. The molecule has 0 aliphatic carbocycles. The first-order valence-electron chi connectivity index (χ1n) is 6.66. The molecular weight excluding hydrogens is 254 g/mol. The van der Waals surface area contributed by atoms with Gasteiger partial charge in [0.1, 0.15) is 11.4 Å². The zero-order chi connectivity index (χ0) is 14.5. The van der Waals surface area contributed by atoms with Crippen LogP contribution in [0.3, 0.4) is 0 Å². The summed E-state index contributed by atoms with van der Waals surface area (Å²) in [6, 6.07) is 10.4. The summed E-state index contributed by atoms with van der Waals surface area (Å²) in [5.41, 5.74) is 0.804. The molecule has 2 N–H and O–H groups in total. The second-order valence-corrected chi connectivity index (χ2v) is 5.09. The Balaban J connectivity index is 2.28. The third kappa shape index (κ3) is 3.45. The lowest BCUT2D eigenvalue weighted by atomic mass is 10.2. The quantitative estimate of drug-likeness (QED) is 0.870. The van der Waals surface area contributed by atoms with E-state index in [0.29, 0.717) is 23.8 Å². The van der Waals surface area contributed by atoms with E-state index in [1.807, 2.05) is 18.2 Å². The van der Waals surface area contributed by atoms with Crippen LogP contribution in [0, 0.1) is 5.92 Å². The Morgan fingerprint density at radius 3 is 2.65 bits per heavy atom. The van der Waals surface area contributed by atoms with E-state index < -0.39 is 0 Å². The normalized spacial score (nSPS) is 10.9. The molecule has 106 valence electrons. The van der Waals surface area contributed by atoms with Crippen LogP contribution in [0.1, 0.15) is 19.5 Å². The number of rotatable bonds is 5. The fraction of sp³-hybridized carbons (Fsp3) is 0.333. The molecule has 1 aromatic heterocycles. The monoisotopic (exact) mass is 273 g/mol. The predicted octanol–water partition coefficient (Wildman–Crippen LogP) is 1.68. The molecule has 0 unspecified atom stereocenters. The first kappa shape index (κ1) is 14.3. The van der Waals surface area contributed by atoms with Gasteiger partial charge in [-0.2, -0.15) is 9.78 Å². The first-order valence-corrected chi connectivity index (χ1v) is 6.66. The smallest absolute Gasteiger partial charge is 0.275 e. The Labute approximate surface area is 117 Å². The first-order chi connectivity index (χ1) is 9.58. The third-order valence-corrected chi connectivity index (χ3v) is 2.83. The van der Waals surface area contributed by atoms with Crippen LogP contribution in [0.25, 0.3) is 5.69 Å². The fourth-order valence-electron chi connectivity index (χ4n) is 1.84. The minimum Gasteiger partial charge on any atom is -0.506 e. The molecule has 20 heavy (non-hydrogen) atoms. The molecule has 0 atom stereocenters. The summed E-state index contributed by atoms with van der Waals surface area (Å²) in [7, 11) is 0. The Morgan fingerprint density at radius 1 is 1.30 bits per heavy atom. The number of aromatic nitrogens is 2. The van der Waals surface area contributed by atoms with Crippen molar-refractivity contribution in [1.82, 2.24) is 15.1 Å². The summed E-state index contributed by atoms with van der Waals surface area (Å²) in [4.78, 5) is 11.9. The molecule has 0 aliphatic rings. The molecule has 0 fully saturated rings. The van der Waals surface area contributed by atoms with E-state index in [9.17, 15) is 9.90 Å². The van der Waals surface area contributed by atoms with E-state index in [4.69, 9.17) is 0 Å². The third-order valence-electron chi connectivity index (χ3n) is 2.83. The Bertz CT molecular complexity index is 621. The Hall–Kier alpha value is -2.14. The highest BCUT2D eigenvalue weighted by molar-refractivity contribution is 5.32. The summed E-state index contributed by atoms with van der Waals surface area (Å²) in [6.07, 6.45) is 0. The molecule has 0 bridgehead atoms. The van der Waals surface area contributed by atoms with Gasteiger partial charge in [0.05, 0.1) is 5.69 Å². The summed E-state index contributed by atoms with van der Waals surface area (Å²) in [5, 5.41) is 17.2. The molecule has 0 saturated carbocycles. The van der Waals surface area contributed by atoms with Gasteiger partial charge in [-0.15, -0.1) is 0 Å². The van der Waals surface area contributed by atoms with Crippen molar-refractivity contribution in [1.29, 1.82) is 0 Å². The van der Waals surface area contributed by atoms with Gasteiger partial charge in [-0.3, -0.25) is 4.79 Å². The van der Waals surface area contributed by atoms with Gasteiger partial charge >= 0.3 is 0 Å². The lowest BCUT2D eigenvalue weighted by molar-refractivity contribution is 0.447. The van der Waals surface area contributed by atoms with Crippen molar-refractivity contribution in [2.45, 2.75) is 20.4 Å². The van der Waals surface area contributed by atoms with Crippen molar-refractivity contribution in [2.75, 3.05) is 6.54 Å². The number of hydrogen-bond donors (Lipinski definition) is 2. The Morgan fingerprint density at radius 2 is 2.00 bits per heavy atom. The van der Waals surface area contributed by atoms with E-state index in [-0.39, 0.29) is 11.3 Å². The standard InChI is InChI=1S/C15H19N3O2/c1-11(2)9-16-10-13-14(19)8-15(20)18(17-13)12-6-4-3-5-7-12/h3-8,11,16,19H,9-10H2,1-2H3. The largest absolute Gasteiger partial charge is 0.506 e. The van der Waals surface area contributed by atoms with Gasteiger partial charge in [0.2, 0.25) is 0 Å². The minimum absolute atomic E-state index is 0.0709. The molecule has 1 heterocycles. The van der Waals surface area contributed by atoms with Gasteiger partial charge < -0.3 is 10.4 Å². The van der Waals surface area contributed by atoms with Crippen molar-refractivity contribution in [3.05, 3.63) is 52.4 Å². The van der Waals surface area contributed by atoms with Gasteiger partial charge in [0, 0.05) is 12.6 Å². The average Bonchev–Trinajstić information content (AvgIpc) is 2.42. The van der Waals surface area contributed by atoms with Crippen LogP contribution in [-0.2, 0) is 6.54 Å². The van der Waals surface area contributed by atoms with Crippen molar-refractivity contribution < 1.29 is 5.11 Å². The van der Waals surface area contributed by atoms with E-state index in [1.54, 1.807) is 12.1 Å². The second-order valence-electron chi connectivity index (χ2n) is 5.09. The zero-order valence-electron chi connectivity index (χ0n) is 11.7. The summed E-state index contributed by atoms with van der Waals surface area (Å²) in [5.74, 6) is 0.440. The summed E-state index contributed by atoms with van der Waals surface area (Å²) in [6.45, 7) is 5.46. The van der Waals surface area contributed by atoms with Gasteiger partial charge in [-0.1, -0.05) is 32.0 Å². The summed E-state index contributed by atoms with van der Waals surface area (Å²) < 4.78 is 1.30. The van der Waals surface area contributed by atoms with Crippen LogP contribution in [0.4, 0.5) is 0 Å². The maximum atomic E-state index is 11.9. The van der Waals surface area contributed by atoms with Gasteiger partial charge in [-0.05, 0) is 24.6 Å². The molecule has 5 nitrogen and oxygen atoms in total. The van der Waals surface area contributed by atoms with Crippen LogP contribution in [0.2, 0.25) is 0 Å². The molecular formula is C15H19N3O2. The van der Waals surface area contributed by atoms with E-state index in [0.717, 1.165) is 6.54 Å². The SMILES string of the molecule is CC(C)CNCc1nn(-c2ccccc2)c(=O)cc1O. The average molecular weight is 273 g/mol. The van der Waals surface area contributed by atoms with E-state index >= 15 is 0 Å². The lowest BCUT2D eigenvalue weighted by Gasteiger charge is -2.10. The summed E-state index contributed by atoms with van der Waals surface area (Å²) >= 11 is 0. The van der Waals surface area contributed by atoms with Crippen molar-refractivity contribution >= 4 is 0 Å². The Kier molecular flexibility index (Phi) is 4.53. The molecule has 0 radical (unpaired) electrons. The van der Waals surface area contributed by atoms with Gasteiger partial charge in [0.15, 0.2) is 0 Å². The molecule has 5 heteroatoms. The number of benzene rings is 1. The highest BCUT2D eigenvalue weighted by Crippen LogP contribution is 2.12. The van der Waals surface area contributed by atoms with Crippen LogP contribution >= 0.6 is 0 Å². The molecule has 2 rings (SSSR count). The maximum Gasteiger partial charge on any atom is 0.275 e. The molecule has 2 aromatic rings. The number of hydrogen-bond acceptors (Lipinski definition) is 4. The number of para-hydroxylation sites is 1. The number of nitrogens with one attached hydrogen (secondary N) is 1. The van der Waals surface area contributed by atoms with Gasteiger partial charge in [0.25, 0.3) is 5.56 Å². The van der Waals surface area contributed by atoms with Crippen molar-refractivity contribution in [3.8, 4) is 11.4 Å². The van der Waals surface area contributed by atoms with Crippen molar-refractivity contribution in [2.24, 2.45) is 5.92 Å². The van der Waals surface area contributed by atoms with Crippen LogP contribution in [0.15, 0.2) is 41.2 Å². The van der Waals surface area contributed by atoms with Crippen LogP contribution in [0.5, 0.6) is 5.75 Å². The maximum absolute atomic E-state index is 11.9. The minimum atomic E-state index is -0.346. The highest BCUT2D eigenvalue weighted by Gasteiger charge is 2.09. The van der Waals surface area contributed by atoms with E-state index in [2.05, 4.69) is 24.3 Å². The molecule has 0 amide bonds. The highest BCUT2D eigenvalue weighted by atomic mass is 16.3. The molecule has 1 aromatic carbocycles. The molecule has 0 aliphatic heterocycles.